The van der Waals surface area contributed by atoms with E-state index in [0.717, 1.165) is 22.2 Å². The maximum atomic E-state index is 12.9. The molecule has 0 fully saturated rings. The summed E-state index contributed by atoms with van der Waals surface area (Å²) in [6, 6.07) is 17.3. The predicted molar refractivity (Wildman–Crippen MR) is 107 cm³/mol. The number of fused-ring (bicyclic) bond motifs is 1. The third kappa shape index (κ3) is 3.40. The molecule has 0 aliphatic carbocycles. The second-order valence-corrected chi connectivity index (χ2v) is 6.40. The Morgan fingerprint density at radius 3 is 2.44 bits per heavy atom. The Balaban J connectivity index is 1.83. The van der Waals surface area contributed by atoms with Gasteiger partial charge in [0.25, 0.3) is 5.91 Å². The first-order valence-electron chi connectivity index (χ1n) is 8.67. The fourth-order valence-electron chi connectivity index (χ4n) is 2.94. The van der Waals surface area contributed by atoms with Gasteiger partial charge in [-0.25, -0.2) is 15.0 Å². The van der Waals surface area contributed by atoms with Gasteiger partial charge in [-0.05, 0) is 49.2 Å². The maximum Gasteiger partial charge on any atom is 0.258 e. The largest absolute Gasteiger partial charge is 0.290 e. The van der Waals surface area contributed by atoms with Gasteiger partial charge in [0.05, 0.1) is 16.8 Å². The number of nitrogens with zero attached hydrogens (tertiary/aromatic N) is 3. The number of carbonyl (C=O) groups excluding carboxylic acids is 1. The topological polar surface area (TPSA) is 67.8 Å². The first-order chi connectivity index (χ1) is 13.1. The molecule has 1 amide bonds. The van der Waals surface area contributed by atoms with Crippen LogP contribution < -0.4 is 5.32 Å². The lowest BCUT2D eigenvalue weighted by atomic mass is 10.0. The minimum Gasteiger partial charge on any atom is -0.290 e. The normalized spacial score (nSPS) is 10.7. The molecule has 2 aromatic carbocycles. The molecular weight excluding hydrogens is 336 g/mol. The Kier molecular flexibility index (Phi) is 4.34. The van der Waals surface area contributed by atoms with Crippen LogP contribution in [0, 0.1) is 13.8 Å². The van der Waals surface area contributed by atoms with Crippen LogP contribution in [0.5, 0.6) is 0 Å². The summed E-state index contributed by atoms with van der Waals surface area (Å²) in [6.07, 6.45) is 3.18. The van der Waals surface area contributed by atoms with Crippen molar-refractivity contribution in [1.29, 1.82) is 0 Å². The molecule has 0 saturated heterocycles. The Morgan fingerprint density at radius 1 is 0.889 bits per heavy atom. The Labute approximate surface area is 157 Å². The number of hydrogen-bond acceptors (Lipinski definition) is 4. The Hall–Kier alpha value is -3.60. The third-order valence-corrected chi connectivity index (χ3v) is 4.55. The van der Waals surface area contributed by atoms with Gasteiger partial charge in [0.1, 0.15) is 0 Å². The van der Waals surface area contributed by atoms with Crippen LogP contribution in [-0.2, 0) is 0 Å². The van der Waals surface area contributed by atoms with E-state index in [0.29, 0.717) is 5.56 Å². The zero-order chi connectivity index (χ0) is 18.8. The summed E-state index contributed by atoms with van der Waals surface area (Å²) in [6.45, 7) is 4.14. The molecule has 0 bridgehead atoms. The van der Waals surface area contributed by atoms with E-state index in [2.05, 4.69) is 41.3 Å². The Bertz CT molecular complexity index is 1140. The molecule has 0 unspecified atom stereocenters. The van der Waals surface area contributed by atoms with Crippen LogP contribution in [0.1, 0.15) is 21.5 Å². The summed E-state index contributed by atoms with van der Waals surface area (Å²) >= 11 is 0. The molecule has 27 heavy (non-hydrogen) atoms. The van der Waals surface area contributed by atoms with Crippen molar-refractivity contribution in [3.05, 3.63) is 83.7 Å². The van der Waals surface area contributed by atoms with Gasteiger partial charge < -0.3 is 0 Å². The minimum absolute atomic E-state index is 0.259. The lowest BCUT2D eigenvalue weighted by Crippen LogP contribution is -2.15. The second kappa shape index (κ2) is 6.96. The molecular formula is C22H18N4O. The van der Waals surface area contributed by atoms with Crippen molar-refractivity contribution in [2.45, 2.75) is 13.8 Å². The van der Waals surface area contributed by atoms with Crippen LogP contribution in [0.3, 0.4) is 0 Å². The number of aryl methyl sites for hydroxylation is 2. The van der Waals surface area contributed by atoms with E-state index >= 15 is 0 Å². The smallest absolute Gasteiger partial charge is 0.258 e. The number of amides is 1. The second-order valence-electron chi connectivity index (χ2n) is 6.40. The lowest BCUT2D eigenvalue weighted by Gasteiger charge is -2.11. The zero-order valence-electron chi connectivity index (χ0n) is 15.1. The van der Waals surface area contributed by atoms with Crippen molar-refractivity contribution in [1.82, 2.24) is 15.0 Å². The summed E-state index contributed by atoms with van der Waals surface area (Å²) < 4.78 is 0. The van der Waals surface area contributed by atoms with E-state index < -0.39 is 0 Å². The van der Waals surface area contributed by atoms with E-state index in [1.54, 1.807) is 18.5 Å². The van der Waals surface area contributed by atoms with Gasteiger partial charge in [-0.3, -0.25) is 10.1 Å². The highest BCUT2D eigenvalue weighted by molar-refractivity contribution is 6.12. The van der Waals surface area contributed by atoms with Gasteiger partial charge in [0, 0.05) is 23.3 Å². The van der Waals surface area contributed by atoms with E-state index in [1.807, 2.05) is 36.4 Å². The minimum atomic E-state index is -0.259. The third-order valence-electron chi connectivity index (χ3n) is 4.55. The number of aromatic nitrogens is 3. The molecule has 0 aliphatic rings. The molecule has 0 spiro atoms. The molecule has 0 saturated carbocycles. The average Bonchev–Trinajstić information content (AvgIpc) is 2.70. The number of carbonyl (C=O) groups is 1. The van der Waals surface area contributed by atoms with Crippen molar-refractivity contribution >= 4 is 22.8 Å². The van der Waals surface area contributed by atoms with Crippen molar-refractivity contribution in [2.75, 3.05) is 5.32 Å². The number of nitrogens with one attached hydrogen (secondary N) is 1. The SMILES string of the molecule is Cc1ccc(-c2cc(C(=O)Nc3ncccn3)c3ccccc3n2)cc1C. The van der Waals surface area contributed by atoms with Crippen LogP contribution in [-0.4, -0.2) is 20.9 Å². The molecule has 1 N–H and O–H groups in total. The summed E-state index contributed by atoms with van der Waals surface area (Å²) in [5.41, 5.74) is 5.46. The van der Waals surface area contributed by atoms with Gasteiger partial charge >= 0.3 is 0 Å². The molecule has 5 nitrogen and oxygen atoms in total. The first kappa shape index (κ1) is 16.8. The highest BCUT2D eigenvalue weighted by Crippen LogP contribution is 2.26. The van der Waals surface area contributed by atoms with Crippen LogP contribution in [0.25, 0.3) is 22.2 Å². The summed E-state index contributed by atoms with van der Waals surface area (Å²) in [7, 11) is 0. The number of para-hydroxylation sites is 1. The highest BCUT2D eigenvalue weighted by Gasteiger charge is 2.15. The van der Waals surface area contributed by atoms with E-state index in [1.165, 1.54) is 11.1 Å². The number of rotatable bonds is 3. The maximum absolute atomic E-state index is 12.9. The molecule has 0 atom stereocenters. The molecule has 0 radical (unpaired) electrons. The van der Waals surface area contributed by atoms with Crippen LogP contribution >= 0.6 is 0 Å². The zero-order valence-corrected chi connectivity index (χ0v) is 15.1. The fourth-order valence-corrected chi connectivity index (χ4v) is 2.94. The number of anilines is 1. The fraction of sp³-hybridized carbons (Fsp3) is 0.0909. The number of pyridine rings is 1. The van der Waals surface area contributed by atoms with Gasteiger partial charge in [-0.15, -0.1) is 0 Å². The predicted octanol–water partition coefficient (Wildman–Crippen LogP) is 4.56. The summed E-state index contributed by atoms with van der Waals surface area (Å²) in [5.74, 6) is 0.0148. The summed E-state index contributed by atoms with van der Waals surface area (Å²) in [4.78, 5) is 25.8. The van der Waals surface area contributed by atoms with E-state index in [4.69, 9.17) is 4.98 Å². The standard InChI is InChI=1S/C22H18N4O/c1-14-8-9-16(12-15(14)2)20-13-18(17-6-3-4-7-19(17)25-20)21(27)26-22-23-10-5-11-24-22/h3-13H,1-2H3,(H,23,24,26,27). The first-order valence-corrected chi connectivity index (χ1v) is 8.67. The molecule has 2 heterocycles. The molecule has 0 aliphatic heterocycles. The molecule has 2 aromatic heterocycles. The van der Waals surface area contributed by atoms with Crippen molar-refractivity contribution in [2.24, 2.45) is 0 Å². The molecule has 4 rings (SSSR count). The average molecular weight is 354 g/mol. The molecule has 4 aromatic rings. The number of benzene rings is 2. The monoisotopic (exact) mass is 354 g/mol. The van der Waals surface area contributed by atoms with Crippen LogP contribution in [0.2, 0.25) is 0 Å². The van der Waals surface area contributed by atoms with E-state index in [-0.39, 0.29) is 11.9 Å². The van der Waals surface area contributed by atoms with Crippen molar-refractivity contribution in [3.63, 3.8) is 0 Å². The van der Waals surface area contributed by atoms with Crippen LogP contribution in [0.4, 0.5) is 5.95 Å². The highest BCUT2D eigenvalue weighted by atomic mass is 16.1. The van der Waals surface area contributed by atoms with Gasteiger partial charge in [0.15, 0.2) is 0 Å². The van der Waals surface area contributed by atoms with Gasteiger partial charge in [-0.2, -0.15) is 0 Å². The molecule has 5 heteroatoms. The molecule has 132 valence electrons. The van der Waals surface area contributed by atoms with Crippen LogP contribution in [0.15, 0.2) is 67.0 Å². The quantitative estimate of drug-likeness (QED) is 0.585. The van der Waals surface area contributed by atoms with E-state index in [9.17, 15) is 4.79 Å². The van der Waals surface area contributed by atoms with Crippen molar-refractivity contribution in [3.8, 4) is 11.3 Å². The van der Waals surface area contributed by atoms with Crippen molar-refractivity contribution < 1.29 is 4.79 Å². The van der Waals surface area contributed by atoms with Gasteiger partial charge in [-0.1, -0.05) is 30.3 Å². The Morgan fingerprint density at radius 2 is 1.67 bits per heavy atom. The lowest BCUT2D eigenvalue weighted by molar-refractivity contribution is 0.102. The number of hydrogen-bond donors (Lipinski definition) is 1. The van der Waals surface area contributed by atoms with Gasteiger partial charge in [0.2, 0.25) is 5.95 Å². The summed E-state index contributed by atoms with van der Waals surface area (Å²) in [5, 5.41) is 3.55.